The second-order valence-corrected chi connectivity index (χ2v) is 9.83. The highest BCUT2D eigenvalue weighted by atomic mass is 16.3. The summed E-state index contributed by atoms with van der Waals surface area (Å²) in [5.74, 6) is 1.06. The van der Waals surface area contributed by atoms with Crippen LogP contribution in [0.3, 0.4) is 0 Å². The summed E-state index contributed by atoms with van der Waals surface area (Å²) in [5.41, 5.74) is 2.90. The number of hydrogen-bond donors (Lipinski definition) is 1. The number of fused-ring (bicyclic) bond motifs is 1. The highest BCUT2D eigenvalue weighted by molar-refractivity contribution is 5.97. The van der Waals surface area contributed by atoms with E-state index in [4.69, 9.17) is 4.42 Å². The van der Waals surface area contributed by atoms with Crippen molar-refractivity contribution in [3.63, 3.8) is 0 Å². The number of carbonyl (C=O) groups is 2. The van der Waals surface area contributed by atoms with Crippen molar-refractivity contribution < 1.29 is 14.0 Å². The largest absolute Gasteiger partial charge is 0.436 e. The first-order valence-electron chi connectivity index (χ1n) is 12.6. The van der Waals surface area contributed by atoms with Crippen LogP contribution in [0, 0.1) is 11.8 Å². The van der Waals surface area contributed by atoms with E-state index in [0.29, 0.717) is 47.6 Å². The summed E-state index contributed by atoms with van der Waals surface area (Å²) in [7, 11) is 0. The number of nitrogens with zero attached hydrogens (tertiary/aromatic N) is 2. The maximum absolute atomic E-state index is 13.2. The topological polar surface area (TPSA) is 75.4 Å². The van der Waals surface area contributed by atoms with Crippen molar-refractivity contribution in [3.8, 4) is 11.5 Å². The average Bonchev–Trinajstić information content (AvgIpc) is 3.32. The van der Waals surface area contributed by atoms with Crippen LogP contribution >= 0.6 is 0 Å². The van der Waals surface area contributed by atoms with E-state index in [2.05, 4.69) is 10.3 Å². The van der Waals surface area contributed by atoms with E-state index >= 15 is 0 Å². The molecule has 2 aromatic carbocycles. The Hall–Kier alpha value is -3.15. The van der Waals surface area contributed by atoms with Gasteiger partial charge in [-0.15, -0.1) is 0 Å². The number of benzene rings is 2. The van der Waals surface area contributed by atoms with Gasteiger partial charge in [-0.25, -0.2) is 4.98 Å². The molecule has 34 heavy (non-hydrogen) atoms. The normalized spacial score (nSPS) is 18.7. The number of carbonyl (C=O) groups excluding carboxylic acids is 2. The van der Waals surface area contributed by atoms with Gasteiger partial charge >= 0.3 is 0 Å². The van der Waals surface area contributed by atoms with Crippen LogP contribution in [0.5, 0.6) is 0 Å². The molecule has 1 atom stereocenters. The minimum absolute atomic E-state index is 0.0120. The van der Waals surface area contributed by atoms with Crippen LogP contribution in [-0.2, 0) is 4.79 Å². The van der Waals surface area contributed by atoms with Gasteiger partial charge < -0.3 is 14.6 Å². The van der Waals surface area contributed by atoms with Crippen molar-refractivity contribution in [1.29, 1.82) is 0 Å². The molecule has 0 radical (unpaired) electrons. The van der Waals surface area contributed by atoms with Gasteiger partial charge in [0.2, 0.25) is 11.8 Å². The van der Waals surface area contributed by atoms with Crippen molar-refractivity contribution in [2.24, 2.45) is 11.8 Å². The lowest BCUT2D eigenvalue weighted by molar-refractivity contribution is -0.127. The molecule has 2 amide bonds. The van der Waals surface area contributed by atoms with E-state index in [-0.39, 0.29) is 17.7 Å². The van der Waals surface area contributed by atoms with Gasteiger partial charge in [0, 0.05) is 36.2 Å². The number of piperidine rings is 1. The molecule has 6 nitrogen and oxygen atoms in total. The Morgan fingerprint density at radius 1 is 1.00 bits per heavy atom. The Kier molecular flexibility index (Phi) is 6.66. The summed E-state index contributed by atoms with van der Waals surface area (Å²) in [6.07, 6.45) is 7.64. The van der Waals surface area contributed by atoms with Gasteiger partial charge in [-0.3, -0.25) is 9.59 Å². The fourth-order valence-corrected chi connectivity index (χ4v) is 5.34. The number of amides is 2. The van der Waals surface area contributed by atoms with Crippen molar-refractivity contribution in [3.05, 3.63) is 54.1 Å². The Balaban J connectivity index is 1.19. The van der Waals surface area contributed by atoms with Crippen LogP contribution in [0.4, 0.5) is 0 Å². The van der Waals surface area contributed by atoms with Gasteiger partial charge in [0.25, 0.3) is 5.91 Å². The molecule has 2 fully saturated rings. The molecule has 1 saturated heterocycles. The third-order valence-corrected chi connectivity index (χ3v) is 7.55. The Bertz CT molecular complexity index is 1140. The summed E-state index contributed by atoms with van der Waals surface area (Å²) < 4.78 is 5.88. The van der Waals surface area contributed by atoms with Crippen molar-refractivity contribution in [2.45, 2.75) is 57.9 Å². The molecule has 6 heteroatoms. The van der Waals surface area contributed by atoms with Crippen molar-refractivity contribution in [2.75, 3.05) is 13.1 Å². The number of aromatic nitrogens is 1. The van der Waals surface area contributed by atoms with Crippen LogP contribution in [0.25, 0.3) is 22.6 Å². The van der Waals surface area contributed by atoms with Crippen LogP contribution < -0.4 is 5.32 Å². The van der Waals surface area contributed by atoms with Gasteiger partial charge in [0.15, 0.2) is 5.58 Å². The molecule has 1 aliphatic heterocycles. The lowest BCUT2D eigenvalue weighted by Crippen LogP contribution is -2.45. The SMILES string of the molecule is C[C@H](C(=O)NC1CCCCC1)C1CCN(C(=O)c2ccc3oc(-c4ccccc4)nc3c2)CC1. The fraction of sp³-hybridized carbons (Fsp3) is 0.464. The van der Waals surface area contributed by atoms with Crippen LogP contribution in [0.15, 0.2) is 52.9 Å². The van der Waals surface area contributed by atoms with Crippen LogP contribution in [-0.4, -0.2) is 40.8 Å². The van der Waals surface area contributed by atoms with Crippen LogP contribution in [0.2, 0.25) is 0 Å². The second-order valence-electron chi connectivity index (χ2n) is 9.83. The molecule has 178 valence electrons. The summed E-state index contributed by atoms with van der Waals surface area (Å²) in [6, 6.07) is 15.6. The monoisotopic (exact) mass is 459 g/mol. The van der Waals surface area contributed by atoms with Gasteiger partial charge in [0.1, 0.15) is 5.52 Å². The highest BCUT2D eigenvalue weighted by Gasteiger charge is 2.31. The predicted octanol–water partition coefficient (Wildman–Crippen LogP) is 5.43. The predicted molar refractivity (Wildman–Crippen MR) is 132 cm³/mol. The number of hydrogen-bond acceptors (Lipinski definition) is 4. The lowest BCUT2D eigenvalue weighted by Gasteiger charge is -2.35. The molecule has 0 bridgehead atoms. The second kappa shape index (κ2) is 10.00. The zero-order valence-corrected chi connectivity index (χ0v) is 19.8. The maximum Gasteiger partial charge on any atom is 0.253 e. The summed E-state index contributed by atoms with van der Waals surface area (Å²) in [6.45, 7) is 3.40. The van der Waals surface area contributed by atoms with E-state index in [9.17, 15) is 9.59 Å². The molecule has 2 heterocycles. The third-order valence-electron chi connectivity index (χ3n) is 7.55. The molecule has 0 unspecified atom stereocenters. The fourth-order valence-electron chi connectivity index (χ4n) is 5.34. The molecule has 1 aliphatic carbocycles. The number of nitrogens with one attached hydrogen (secondary N) is 1. The minimum Gasteiger partial charge on any atom is -0.436 e. The Labute approximate surface area is 200 Å². The molecule has 2 aliphatic rings. The molecular formula is C28H33N3O3. The van der Waals surface area contributed by atoms with Gasteiger partial charge in [-0.1, -0.05) is 44.4 Å². The van der Waals surface area contributed by atoms with Crippen molar-refractivity contribution >= 4 is 22.9 Å². The summed E-state index contributed by atoms with van der Waals surface area (Å²) in [4.78, 5) is 32.4. The van der Waals surface area contributed by atoms with E-state index in [1.54, 1.807) is 0 Å². The van der Waals surface area contributed by atoms with Gasteiger partial charge in [0.05, 0.1) is 0 Å². The zero-order valence-electron chi connectivity index (χ0n) is 19.8. The number of rotatable bonds is 5. The first-order valence-corrected chi connectivity index (χ1v) is 12.6. The zero-order chi connectivity index (χ0) is 23.5. The first-order chi connectivity index (χ1) is 16.6. The van der Waals surface area contributed by atoms with E-state index in [1.807, 2.05) is 60.4 Å². The standard InChI is InChI=1S/C28H33N3O3/c1-19(26(32)29-23-10-6-3-7-11-23)20-14-16-31(17-15-20)28(33)22-12-13-25-24(18-22)30-27(34-25)21-8-4-2-5-9-21/h2,4-5,8-9,12-13,18-20,23H,3,6-7,10-11,14-17H2,1H3,(H,29,32)/t19-/m0/s1. The number of oxazole rings is 1. The van der Waals surface area contributed by atoms with E-state index in [0.717, 1.165) is 31.2 Å². The van der Waals surface area contributed by atoms with Gasteiger partial charge in [-0.05, 0) is 61.9 Å². The molecule has 5 rings (SSSR count). The minimum atomic E-state index is -0.0120. The Morgan fingerprint density at radius 3 is 2.47 bits per heavy atom. The van der Waals surface area contributed by atoms with Crippen LogP contribution in [0.1, 0.15) is 62.2 Å². The molecule has 3 aromatic rings. The number of likely N-dealkylation sites (tertiary alicyclic amines) is 1. The van der Waals surface area contributed by atoms with Crippen molar-refractivity contribution in [1.82, 2.24) is 15.2 Å². The van der Waals surface area contributed by atoms with Gasteiger partial charge in [-0.2, -0.15) is 0 Å². The quantitative estimate of drug-likeness (QED) is 0.552. The smallest absolute Gasteiger partial charge is 0.253 e. The molecule has 1 N–H and O–H groups in total. The summed E-state index contributed by atoms with van der Waals surface area (Å²) in [5, 5.41) is 3.27. The third kappa shape index (κ3) is 4.86. The van der Waals surface area contributed by atoms with E-state index in [1.165, 1.54) is 19.3 Å². The molecule has 1 aromatic heterocycles. The lowest BCUT2D eigenvalue weighted by atomic mass is 9.84. The molecule has 0 spiro atoms. The highest BCUT2D eigenvalue weighted by Crippen LogP contribution is 2.29. The average molecular weight is 460 g/mol. The summed E-state index contributed by atoms with van der Waals surface area (Å²) >= 11 is 0. The maximum atomic E-state index is 13.2. The molecular weight excluding hydrogens is 426 g/mol. The van der Waals surface area contributed by atoms with E-state index < -0.39 is 0 Å². The molecule has 1 saturated carbocycles. The Morgan fingerprint density at radius 2 is 1.74 bits per heavy atom. The first kappa shape index (κ1) is 22.6.